The Bertz CT molecular complexity index is 511. The number of aromatic nitrogens is 3. The maximum atomic E-state index is 12.0. The predicted molar refractivity (Wildman–Crippen MR) is 85.0 cm³/mol. The van der Waals surface area contributed by atoms with Gasteiger partial charge in [-0.25, -0.2) is 9.48 Å². The molecule has 8 nitrogen and oxygen atoms in total. The number of urea groups is 1. The van der Waals surface area contributed by atoms with Crippen LogP contribution in [0.5, 0.6) is 0 Å². The van der Waals surface area contributed by atoms with Crippen molar-refractivity contribution >= 4 is 6.03 Å². The van der Waals surface area contributed by atoms with Crippen molar-refractivity contribution in [2.45, 2.75) is 57.2 Å². The summed E-state index contributed by atoms with van der Waals surface area (Å²) in [7, 11) is 1.60. The molecule has 1 aliphatic rings. The Morgan fingerprint density at radius 2 is 2.22 bits per heavy atom. The number of hydrogen-bond donors (Lipinski definition) is 3. The highest BCUT2D eigenvalue weighted by Crippen LogP contribution is 2.29. The van der Waals surface area contributed by atoms with Crippen molar-refractivity contribution < 1.29 is 14.6 Å². The molecule has 0 spiro atoms. The lowest BCUT2D eigenvalue weighted by atomic mass is 9.90. The van der Waals surface area contributed by atoms with Crippen LogP contribution in [0.1, 0.15) is 51.3 Å². The van der Waals surface area contributed by atoms with E-state index >= 15 is 0 Å². The van der Waals surface area contributed by atoms with Gasteiger partial charge in [-0.15, -0.1) is 5.10 Å². The summed E-state index contributed by atoms with van der Waals surface area (Å²) in [5, 5.41) is 24.0. The summed E-state index contributed by atoms with van der Waals surface area (Å²) < 4.78 is 6.69. The van der Waals surface area contributed by atoms with E-state index in [-0.39, 0.29) is 18.1 Å². The summed E-state index contributed by atoms with van der Waals surface area (Å²) in [6.07, 6.45) is 5.77. The minimum atomic E-state index is -1.02. The zero-order valence-corrected chi connectivity index (χ0v) is 14.1. The third kappa shape index (κ3) is 4.90. The smallest absolute Gasteiger partial charge is 0.315 e. The number of hydrogen-bond acceptors (Lipinski definition) is 5. The Kier molecular flexibility index (Phi) is 5.95. The Balaban J connectivity index is 2.00. The van der Waals surface area contributed by atoms with Gasteiger partial charge in [0.1, 0.15) is 11.3 Å². The lowest BCUT2D eigenvalue weighted by Gasteiger charge is -2.32. The van der Waals surface area contributed by atoms with Gasteiger partial charge in [-0.05, 0) is 26.7 Å². The summed E-state index contributed by atoms with van der Waals surface area (Å²) in [5.74, 6) is 0. The minimum Gasteiger partial charge on any atom is -0.384 e. The summed E-state index contributed by atoms with van der Waals surface area (Å²) in [4.78, 5) is 12.0. The van der Waals surface area contributed by atoms with E-state index in [9.17, 15) is 9.90 Å². The first kappa shape index (κ1) is 17.7. The second-order valence-electron chi connectivity index (χ2n) is 6.49. The van der Waals surface area contributed by atoms with Crippen molar-refractivity contribution in [1.29, 1.82) is 0 Å². The second-order valence-corrected chi connectivity index (χ2v) is 6.49. The van der Waals surface area contributed by atoms with Gasteiger partial charge < -0.3 is 20.5 Å². The van der Waals surface area contributed by atoms with Crippen LogP contribution in [0.3, 0.4) is 0 Å². The molecule has 3 N–H and O–H groups in total. The van der Waals surface area contributed by atoms with E-state index in [4.69, 9.17) is 4.74 Å². The molecular weight excluding hydrogens is 298 g/mol. The lowest BCUT2D eigenvalue weighted by molar-refractivity contribution is 0.0736. The molecule has 1 heterocycles. The second kappa shape index (κ2) is 7.74. The molecule has 0 unspecified atom stereocenters. The maximum absolute atomic E-state index is 12.0. The van der Waals surface area contributed by atoms with Gasteiger partial charge in [-0.1, -0.05) is 18.1 Å². The Morgan fingerprint density at radius 3 is 2.87 bits per heavy atom. The molecular formula is C15H27N5O3. The largest absolute Gasteiger partial charge is 0.384 e. The van der Waals surface area contributed by atoms with E-state index in [0.717, 1.165) is 25.7 Å². The first-order valence-electron chi connectivity index (χ1n) is 8.10. The summed E-state index contributed by atoms with van der Waals surface area (Å²) in [6.45, 7) is 4.33. The van der Waals surface area contributed by atoms with E-state index in [2.05, 4.69) is 20.9 Å². The number of nitrogens with one attached hydrogen (secondary N) is 2. The quantitative estimate of drug-likeness (QED) is 0.676. The van der Waals surface area contributed by atoms with Crippen molar-refractivity contribution in [2.24, 2.45) is 0 Å². The Hall–Kier alpha value is -1.67. The van der Waals surface area contributed by atoms with E-state index in [1.165, 1.54) is 0 Å². The highest BCUT2D eigenvalue weighted by atomic mass is 16.5. The van der Waals surface area contributed by atoms with Gasteiger partial charge in [0.25, 0.3) is 0 Å². The summed E-state index contributed by atoms with van der Waals surface area (Å²) in [6, 6.07) is -0.134. The van der Waals surface area contributed by atoms with Crippen LogP contribution < -0.4 is 10.6 Å². The molecule has 1 aromatic rings. The Morgan fingerprint density at radius 1 is 1.48 bits per heavy atom. The average molecular weight is 325 g/mol. The number of nitrogens with zero attached hydrogens (tertiary/aromatic N) is 3. The Labute approximate surface area is 136 Å². The number of methoxy groups -OCH3 is 1. The molecule has 2 rings (SSSR count). The van der Waals surface area contributed by atoms with E-state index < -0.39 is 5.60 Å². The molecule has 0 radical (unpaired) electrons. The molecule has 1 fully saturated rings. The average Bonchev–Trinajstić information content (AvgIpc) is 2.98. The zero-order chi connectivity index (χ0) is 16.9. The van der Waals surface area contributed by atoms with E-state index in [1.54, 1.807) is 31.8 Å². The number of rotatable bonds is 6. The number of aliphatic hydroxyl groups is 1. The van der Waals surface area contributed by atoms with Gasteiger partial charge in [-0.3, -0.25) is 0 Å². The first-order chi connectivity index (χ1) is 10.9. The molecule has 1 aromatic heterocycles. The topological polar surface area (TPSA) is 101 Å². The van der Waals surface area contributed by atoms with Gasteiger partial charge in [0.2, 0.25) is 0 Å². The fraction of sp³-hybridized carbons (Fsp3) is 0.800. The monoisotopic (exact) mass is 325 g/mol. The third-order valence-electron chi connectivity index (χ3n) is 4.11. The normalized spacial score (nSPS) is 21.9. The fourth-order valence-corrected chi connectivity index (χ4v) is 2.80. The van der Waals surface area contributed by atoms with Crippen molar-refractivity contribution in [2.75, 3.05) is 20.3 Å². The molecule has 0 aliphatic heterocycles. The number of carbonyl (C=O) groups excluding carboxylic acids is 1. The van der Waals surface area contributed by atoms with Crippen LogP contribution in [0, 0.1) is 0 Å². The van der Waals surface area contributed by atoms with Crippen LogP contribution in [0.4, 0.5) is 4.79 Å². The van der Waals surface area contributed by atoms with E-state index in [0.29, 0.717) is 18.8 Å². The van der Waals surface area contributed by atoms with Gasteiger partial charge in [0.15, 0.2) is 0 Å². The van der Waals surface area contributed by atoms with Gasteiger partial charge in [0, 0.05) is 13.7 Å². The lowest BCUT2D eigenvalue weighted by Crippen LogP contribution is -2.48. The standard InChI is InChI=1S/C15H27N5O3/c1-15(2,22)13-10-20(19-18-13)12-7-5-4-6-11(12)17-14(21)16-8-9-23-3/h10-12,22H,4-9H2,1-3H3,(H2,16,17,21)/t11-,12+/m0/s1. The molecule has 2 amide bonds. The molecule has 23 heavy (non-hydrogen) atoms. The van der Waals surface area contributed by atoms with Crippen LogP contribution in [0.2, 0.25) is 0 Å². The van der Waals surface area contributed by atoms with E-state index in [1.807, 2.05) is 0 Å². The molecule has 1 aliphatic carbocycles. The zero-order valence-electron chi connectivity index (χ0n) is 14.1. The number of amides is 2. The molecule has 0 bridgehead atoms. The maximum Gasteiger partial charge on any atom is 0.315 e. The van der Waals surface area contributed by atoms with Crippen molar-refractivity contribution in [1.82, 2.24) is 25.6 Å². The fourth-order valence-electron chi connectivity index (χ4n) is 2.80. The van der Waals surface area contributed by atoms with Crippen LogP contribution in [0.15, 0.2) is 6.20 Å². The van der Waals surface area contributed by atoms with Crippen molar-refractivity contribution in [3.8, 4) is 0 Å². The highest BCUT2D eigenvalue weighted by molar-refractivity contribution is 5.74. The van der Waals surface area contributed by atoms with Crippen LogP contribution in [-0.2, 0) is 10.3 Å². The summed E-state index contributed by atoms with van der Waals surface area (Å²) in [5.41, 5.74) is -0.487. The molecule has 130 valence electrons. The first-order valence-corrected chi connectivity index (χ1v) is 8.10. The number of carbonyl (C=O) groups is 1. The van der Waals surface area contributed by atoms with Crippen LogP contribution >= 0.6 is 0 Å². The molecule has 8 heteroatoms. The predicted octanol–water partition coefficient (Wildman–Crippen LogP) is 0.935. The van der Waals surface area contributed by atoms with Gasteiger partial charge in [0.05, 0.1) is 24.9 Å². The van der Waals surface area contributed by atoms with Crippen molar-refractivity contribution in [3.05, 3.63) is 11.9 Å². The SMILES string of the molecule is COCCNC(=O)N[C@H]1CCCC[C@H]1n1cc(C(C)(C)O)nn1. The van der Waals surface area contributed by atoms with Gasteiger partial charge >= 0.3 is 6.03 Å². The van der Waals surface area contributed by atoms with Gasteiger partial charge in [-0.2, -0.15) is 0 Å². The van der Waals surface area contributed by atoms with Crippen molar-refractivity contribution in [3.63, 3.8) is 0 Å². The van der Waals surface area contributed by atoms with Crippen LogP contribution in [0.25, 0.3) is 0 Å². The minimum absolute atomic E-state index is 0.00245. The molecule has 0 aromatic carbocycles. The summed E-state index contributed by atoms with van der Waals surface area (Å²) >= 11 is 0. The third-order valence-corrected chi connectivity index (χ3v) is 4.11. The highest BCUT2D eigenvalue weighted by Gasteiger charge is 2.30. The molecule has 0 saturated heterocycles. The molecule has 1 saturated carbocycles. The molecule has 2 atom stereocenters. The van der Waals surface area contributed by atoms with Crippen LogP contribution in [-0.4, -0.2) is 52.4 Å². The number of ether oxygens (including phenoxy) is 1.